The summed E-state index contributed by atoms with van der Waals surface area (Å²) in [6.07, 6.45) is -0.314. The number of carbonyl (C=O) groups is 2. The zero-order valence-electron chi connectivity index (χ0n) is 13.9. The van der Waals surface area contributed by atoms with Crippen molar-refractivity contribution in [1.82, 2.24) is 4.57 Å². The molecule has 1 N–H and O–H groups in total. The van der Waals surface area contributed by atoms with Gasteiger partial charge in [0.2, 0.25) is 0 Å². The standard InChI is InChI=1S/C18H13FN2O4S/c1-9-11(6-17(22)23)12-5-15(25-2)13(19)7-14(12)21(9)18(24)16-4-3-10(8-20)26-16/h3-5,7H,6H2,1-2H3,(H,22,23). The van der Waals surface area contributed by atoms with Crippen LogP contribution in [0.25, 0.3) is 10.9 Å². The molecule has 0 aliphatic rings. The highest BCUT2D eigenvalue weighted by atomic mass is 32.1. The minimum Gasteiger partial charge on any atom is -0.494 e. The van der Waals surface area contributed by atoms with Gasteiger partial charge in [-0.2, -0.15) is 5.26 Å². The van der Waals surface area contributed by atoms with Gasteiger partial charge in [0, 0.05) is 17.1 Å². The highest BCUT2D eigenvalue weighted by Gasteiger charge is 2.24. The number of ether oxygens (including phenoxy) is 1. The number of methoxy groups -OCH3 is 1. The summed E-state index contributed by atoms with van der Waals surface area (Å²) in [7, 11) is 1.31. The molecule has 8 heteroatoms. The van der Waals surface area contributed by atoms with Crippen LogP contribution in [0.5, 0.6) is 5.75 Å². The molecule has 6 nitrogen and oxygen atoms in total. The lowest BCUT2D eigenvalue weighted by molar-refractivity contribution is -0.136. The fourth-order valence-electron chi connectivity index (χ4n) is 2.90. The molecular weight excluding hydrogens is 359 g/mol. The topological polar surface area (TPSA) is 92.3 Å². The maximum Gasteiger partial charge on any atom is 0.307 e. The van der Waals surface area contributed by atoms with Crippen molar-refractivity contribution < 1.29 is 23.8 Å². The third kappa shape index (κ3) is 2.82. The van der Waals surface area contributed by atoms with Crippen molar-refractivity contribution in [2.45, 2.75) is 13.3 Å². The Bertz CT molecular complexity index is 1090. The first kappa shape index (κ1) is 17.6. The van der Waals surface area contributed by atoms with Gasteiger partial charge in [0.25, 0.3) is 5.91 Å². The SMILES string of the molecule is COc1cc2c(CC(=O)O)c(C)n(C(=O)c3ccc(C#N)s3)c2cc1F. The molecule has 0 fully saturated rings. The van der Waals surface area contributed by atoms with Gasteiger partial charge in [-0.25, -0.2) is 4.39 Å². The number of aliphatic carboxylic acids is 1. The molecule has 1 aromatic carbocycles. The number of fused-ring (bicyclic) bond motifs is 1. The number of rotatable bonds is 4. The predicted octanol–water partition coefficient (Wildman–Crippen LogP) is 3.35. The molecule has 0 aliphatic carbocycles. The van der Waals surface area contributed by atoms with E-state index in [2.05, 4.69) is 0 Å². The van der Waals surface area contributed by atoms with Crippen molar-refractivity contribution in [2.75, 3.05) is 7.11 Å². The van der Waals surface area contributed by atoms with Gasteiger partial charge >= 0.3 is 5.97 Å². The Kier molecular flexibility index (Phi) is 4.49. The Hall–Kier alpha value is -3.18. The lowest BCUT2D eigenvalue weighted by Gasteiger charge is -2.06. The van der Waals surface area contributed by atoms with E-state index in [0.717, 1.165) is 17.4 Å². The van der Waals surface area contributed by atoms with Crippen molar-refractivity contribution in [3.8, 4) is 11.8 Å². The number of nitriles is 1. The normalized spacial score (nSPS) is 10.7. The summed E-state index contributed by atoms with van der Waals surface area (Å²) in [4.78, 5) is 24.9. The second-order valence-corrected chi connectivity index (χ2v) is 6.64. The Morgan fingerprint density at radius 3 is 2.69 bits per heavy atom. The van der Waals surface area contributed by atoms with Gasteiger partial charge in [0.15, 0.2) is 11.6 Å². The smallest absolute Gasteiger partial charge is 0.307 e. The molecule has 0 aliphatic heterocycles. The molecule has 3 aromatic rings. The molecule has 0 bridgehead atoms. The van der Waals surface area contributed by atoms with E-state index in [1.165, 1.54) is 29.9 Å². The van der Waals surface area contributed by atoms with Gasteiger partial charge in [-0.3, -0.25) is 14.2 Å². The summed E-state index contributed by atoms with van der Waals surface area (Å²) in [6.45, 7) is 1.61. The molecule has 0 amide bonds. The first-order valence-corrected chi connectivity index (χ1v) is 8.32. The van der Waals surface area contributed by atoms with Crippen molar-refractivity contribution >= 4 is 34.1 Å². The lowest BCUT2D eigenvalue weighted by atomic mass is 10.1. The average molecular weight is 372 g/mol. The molecule has 0 saturated heterocycles. The number of aromatic nitrogens is 1. The van der Waals surface area contributed by atoms with Gasteiger partial charge in [-0.1, -0.05) is 0 Å². The minimum absolute atomic E-state index is 0.0309. The minimum atomic E-state index is -1.06. The summed E-state index contributed by atoms with van der Waals surface area (Å²) < 4.78 is 20.5. The molecule has 2 heterocycles. The van der Waals surface area contributed by atoms with Gasteiger partial charge in [-0.05, 0) is 30.7 Å². The third-order valence-corrected chi connectivity index (χ3v) is 5.04. The maximum atomic E-state index is 14.2. The largest absolute Gasteiger partial charge is 0.494 e. The number of carboxylic acids is 1. The third-order valence-electron chi connectivity index (χ3n) is 4.07. The van der Waals surface area contributed by atoms with E-state index in [0.29, 0.717) is 26.4 Å². The van der Waals surface area contributed by atoms with Crippen LogP contribution < -0.4 is 4.74 Å². The molecule has 0 unspecified atom stereocenters. The Morgan fingerprint density at radius 2 is 2.12 bits per heavy atom. The van der Waals surface area contributed by atoms with Crippen molar-refractivity contribution in [1.29, 1.82) is 5.26 Å². The molecule has 0 saturated carbocycles. The van der Waals surface area contributed by atoms with E-state index in [1.807, 2.05) is 6.07 Å². The molecule has 0 atom stereocenters. The first-order valence-electron chi connectivity index (χ1n) is 7.51. The van der Waals surface area contributed by atoms with E-state index < -0.39 is 17.7 Å². The van der Waals surface area contributed by atoms with Crippen LogP contribution in [0.4, 0.5) is 4.39 Å². The highest BCUT2D eigenvalue weighted by molar-refractivity contribution is 7.14. The van der Waals surface area contributed by atoms with Gasteiger partial charge < -0.3 is 9.84 Å². The van der Waals surface area contributed by atoms with E-state index in [1.54, 1.807) is 6.92 Å². The molecule has 0 spiro atoms. The number of carboxylic acid groups (broad SMARTS) is 1. The van der Waals surface area contributed by atoms with Crippen molar-refractivity contribution in [3.63, 3.8) is 0 Å². The Labute approximate surface area is 151 Å². The molecule has 132 valence electrons. The monoisotopic (exact) mass is 372 g/mol. The second kappa shape index (κ2) is 6.61. The molecule has 2 aromatic heterocycles. The Morgan fingerprint density at radius 1 is 1.38 bits per heavy atom. The second-order valence-electron chi connectivity index (χ2n) is 5.55. The quantitative estimate of drug-likeness (QED) is 0.758. The first-order chi connectivity index (χ1) is 12.4. The summed E-state index contributed by atoms with van der Waals surface area (Å²) in [5.74, 6) is -2.19. The van der Waals surface area contributed by atoms with E-state index >= 15 is 0 Å². The average Bonchev–Trinajstić information content (AvgIpc) is 3.17. The number of halogens is 1. The summed E-state index contributed by atoms with van der Waals surface area (Å²) in [5, 5.41) is 18.6. The van der Waals surface area contributed by atoms with Crippen LogP contribution >= 0.6 is 11.3 Å². The van der Waals surface area contributed by atoms with Crippen LogP contribution in [-0.2, 0) is 11.2 Å². The molecule has 3 rings (SSSR count). The van der Waals surface area contributed by atoms with Crippen LogP contribution in [-0.4, -0.2) is 28.7 Å². The van der Waals surface area contributed by atoms with Gasteiger partial charge in [0.05, 0.1) is 23.9 Å². The number of benzene rings is 1. The van der Waals surface area contributed by atoms with Crippen molar-refractivity contribution in [2.24, 2.45) is 0 Å². The number of nitrogens with zero attached hydrogens (tertiary/aromatic N) is 2. The van der Waals surface area contributed by atoms with E-state index in [-0.39, 0.29) is 17.7 Å². The van der Waals surface area contributed by atoms with Crippen LogP contribution in [0, 0.1) is 24.1 Å². The van der Waals surface area contributed by atoms with Crippen LogP contribution in [0.3, 0.4) is 0 Å². The Balaban J connectivity index is 2.28. The lowest BCUT2D eigenvalue weighted by Crippen LogP contribution is -2.13. The summed E-state index contributed by atoms with van der Waals surface area (Å²) in [5.41, 5.74) is 1.08. The molecule has 0 radical (unpaired) electrons. The zero-order valence-corrected chi connectivity index (χ0v) is 14.7. The molecular formula is C18H13FN2O4S. The van der Waals surface area contributed by atoms with Crippen LogP contribution in [0.15, 0.2) is 24.3 Å². The summed E-state index contributed by atoms with van der Waals surface area (Å²) >= 11 is 1.02. The van der Waals surface area contributed by atoms with Crippen LogP contribution in [0.2, 0.25) is 0 Å². The number of hydrogen-bond acceptors (Lipinski definition) is 5. The number of hydrogen-bond donors (Lipinski definition) is 1. The van der Waals surface area contributed by atoms with Crippen molar-refractivity contribution in [3.05, 3.63) is 51.1 Å². The molecule has 26 heavy (non-hydrogen) atoms. The number of carbonyl (C=O) groups excluding carboxylic acids is 1. The number of thiophene rings is 1. The maximum absolute atomic E-state index is 14.2. The zero-order chi connectivity index (χ0) is 19.0. The highest BCUT2D eigenvalue weighted by Crippen LogP contribution is 2.33. The van der Waals surface area contributed by atoms with E-state index in [9.17, 15) is 19.1 Å². The van der Waals surface area contributed by atoms with Gasteiger partial charge in [-0.15, -0.1) is 11.3 Å². The van der Waals surface area contributed by atoms with Gasteiger partial charge in [0.1, 0.15) is 10.9 Å². The predicted molar refractivity (Wildman–Crippen MR) is 93.3 cm³/mol. The fourth-order valence-corrected chi connectivity index (χ4v) is 3.63. The summed E-state index contributed by atoms with van der Waals surface area (Å²) in [6, 6.07) is 7.57. The fraction of sp³-hybridized carbons (Fsp3) is 0.167. The van der Waals surface area contributed by atoms with E-state index in [4.69, 9.17) is 10.00 Å². The van der Waals surface area contributed by atoms with Crippen LogP contribution in [0.1, 0.15) is 25.8 Å².